The molecule has 1 aliphatic heterocycles. The summed E-state index contributed by atoms with van der Waals surface area (Å²) in [6.45, 7) is 3.69. The lowest BCUT2D eigenvalue weighted by Gasteiger charge is -2.35. The smallest absolute Gasteiger partial charge is 0.146 e. The highest BCUT2D eigenvalue weighted by atomic mass is 35.5. The highest BCUT2D eigenvalue weighted by Crippen LogP contribution is 2.33. The number of rotatable bonds is 3. The van der Waals surface area contributed by atoms with Crippen LogP contribution in [-0.4, -0.2) is 31.1 Å². The summed E-state index contributed by atoms with van der Waals surface area (Å²) < 4.78 is 14.4. The average molecular weight is 347 g/mol. The molecule has 1 saturated heterocycles. The Morgan fingerprint density at radius 3 is 2.67 bits per heavy atom. The fourth-order valence-electron chi connectivity index (χ4n) is 2.69. The van der Waals surface area contributed by atoms with Crippen LogP contribution in [0.15, 0.2) is 35.0 Å². The van der Waals surface area contributed by atoms with Gasteiger partial charge in [0.15, 0.2) is 0 Å². The molecule has 21 heavy (non-hydrogen) atoms. The molecule has 1 fully saturated rings. The summed E-state index contributed by atoms with van der Waals surface area (Å²) >= 11 is 7.59. The average Bonchev–Trinajstić information content (AvgIpc) is 2.99. The number of hydrogen-bond donors (Lipinski definition) is 1. The first-order valence-corrected chi connectivity index (χ1v) is 8.00. The molecule has 1 atom stereocenters. The molecule has 0 radical (unpaired) electrons. The minimum absolute atomic E-state index is 0. The lowest BCUT2D eigenvalue weighted by molar-refractivity contribution is 0.195. The van der Waals surface area contributed by atoms with Crippen LogP contribution in [0.25, 0.3) is 0 Å². The third kappa shape index (κ3) is 3.58. The van der Waals surface area contributed by atoms with Crippen molar-refractivity contribution in [3.05, 3.63) is 57.0 Å². The van der Waals surface area contributed by atoms with E-state index in [1.807, 2.05) is 17.5 Å². The lowest BCUT2D eigenvalue weighted by atomic mass is 9.98. The second-order valence-electron chi connectivity index (χ2n) is 4.89. The van der Waals surface area contributed by atoms with E-state index >= 15 is 0 Å². The standard InChI is InChI=1S/C15H16ClFN2S.ClH/c16-13-3-1-2-12(14(13)17)15(11-4-9-20-10-11)19-7-5-18-6-8-19;/h1-4,9-10,15,18H,5-8H2;1H/t15-;/m0./s1. The summed E-state index contributed by atoms with van der Waals surface area (Å²) in [4.78, 5) is 2.31. The van der Waals surface area contributed by atoms with Gasteiger partial charge in [-0.25, -0.2) is 4.39 Å². The highest BCUT2D eigenvalue weighted by molar-refractivity contribution is 7.08. The largest absolute Gasteiger partial charge is 0.314 e. The molecule has 0 bridgehead atoms. The van der Waals surface area contributed by atoms with E-state index in [1.54, 1.807) is 17.4 Å². The molecule has 0 saturated carbocycles. The van der Waals surface area contributed by atoms with E-state index < -0.39 is 0 Å². The summed E-state index contributed by atoms with van der Waals surface area (Å²) in [6.07, 6.45) is 0. The topological polar surface area (TPSA) is 15.3 Å². The maximum absolute atomic E-state index is 14.4. The summed E-state index contributed by atoms with van der Waals surface area (Å²) in [7, 11) is 0. The number of hydrogen-bond acceptors (Lipinski definition) is 3. The molecule has 0 spiro atoms. The van der Waals surface area contributed by atoms with Crippen LogP contribution in [0, 0.1) is 5.82 Å². The Labute approximate surface area is 139 Å². The number of benzene rings is 1. The van der Waals surface area contributed by atoms with Crippen LogP contribution in [0.2, 0.25) is 5.02 Å². The van der Waals surface area contributed by atoms with Crippen molar-refractivity contribution in [1.29, 1.82) is 0 Å². The van der Waals surface area contributed by atoms with Crippen LogP contribution >= 0.6 is 35.3 Å². The van der Waals surface area contributed by atoms with Gasteiger partial charge in [-0.1, -0.05) is 23.7 Å². The van der Waals surface area contributed by atoms with Crippen LogP contribution in [-0.2, 0) is 0 Å². The monoisotopic (exact) mass is 346 g/mol. The van der Waals surface area contributed by atoms with E-state index in [0.29, 0.717) is 5.56 Å². The van der Waals surface area contributed by atoms with Crippen LogP contribution in [0.5, 0.6) is 0 Å². The van der Waals surface area contributed by atoms with Crippen LogP contribution < -0.4 is 5.32 Å². The number of halogens is 3. The molecule has 1 aliphatic rings. The maximum Gasteiger partial charge on any atom is 0.146 e. The fraction of sp³-hybridized carbons (Fsp3) is 0.333. The SMILES string of the molecule is Cl.Fc1c(Cl)cccc1[C@H](c1ccsc1)N1CCNCC1. The lowest BCUT2D eigenvalue weighted by Crippen LogP contribution is -2.45. The van der Waals surface area contributed by atoms with Gasteiger partial charge >= 0.3 is 0 Å². The Kier molecular flexibility index (Phi) is 6.02. The molecule has 3 rings (SSSR count). The van der Waals surface area contributed by atoms with Gasteiger partial charge in [0, 0.05) is 31.7 Å². The third-order valence-electron chi connectivity index (χ3n) is 3.65. The van der Waals surface area contributed by atoms with Crippen molar-refractivity contribution < 1.29 is 4.39 Å². The molecule has 2 heterocycles. The molecule has 0 amide bonds. The van der Waals surface area contributed by atoms with Gasteiger partial charge in [0.05, 0.1) is 11.1 Å². The minimum atomic E-state index is -0.302. The first kappa shape index (κ1) is 16.7. The number of piperazine rings is 1. The maximum atomic E-state index is 14.4. The molecular formula is C15H17Cl2FN2S. The molecule has 0 aliphatic carbocycles. The van der Waals surface area contributed by atoms with E-state index in [0.717, 1.165) is 31.7 Å². The minimum Gasteiger partial charge on any atom is -0.314 e. The molecule has 1 N–H and O–H groups in total. The van der Waals surface area contributed by atoms with Crippen LogP contribution in [0.1, 0.15) is 17.2 Å². The van der Waals surface area contributed by atoms with E-state index in [4.69, 9.17) is 11.6 Å². The third-order valence-corrected chi connectivity index (χ3v) is 4.65. The van der Waals surface area contributed by atoms with E-state index in [1.165, 1.54) is 0 Å². The van der Waals surface area contributed by atoms with Gasteiger partial charge < -0.3 is 5.32 Å². The molecule has 0 unspecified atom stereocenters. The first-order chi connectivity index (χ1) is 9.77. The van der Waals surface area contributed by atoms with Crippen molar-refractivity contribution in [1.82, 2.24) is 10.2 Å². The van der Waals surface area contributed by atoms with E-state index in [9.17, 15) is 4.39 Å². The predicted octanol–water partition coefficient (Wildman–Crippen LogP) is 3.96. The highest BCUT2D eigenvalue weighted by Gasteiger charge is 2.27. The Balaban J connectivity index is 0.00000161. The van der Waals surface area contributed by atoms with Crippen molar-refractivity contribution in [2.24, 2.45) is 0 Å². The van der Waals surface area contributed by atoms with Crippen LogP contribution in [0.3, 0.4) is 0 Å². The molecule has 2 nitrogen and oxygen atoms in total. The van der Waals surface area contributed by atoms with Gasteiger partial charge in [0.25, 0.3) is 0 Å². The summed E-state index contributed by atoms with van der Waals surface area (Å²) in [6, 6.07) is 7.27. The molecule has 1 aromatic heterocycles. The summed E-state index contributed by atoms with van der Waals surface area (Å²) in [5.41, 5.74) is 1.80. The van der Waals surface area contributed by atoms with E-state index in [2.05, 4.69) is 21.7 Å². The van der Waals surface area contributed by atoms with Gasteiger partial charge in [-0.2, -0.15) is 11.3 Å². The Morgan fingerprint density at radius 1 is 1.24 bits per heavy atom. The number of nitrogens with zero attached hydrogens (tertiary/aromatic N) is 1. The van der Waals surface area contributed by atoms with E-state index in [-0.39, 0.29) is 29.3 Å². The molecule has 6 heteroatoms. The van der Waals surface area contributed by atoms with Crippen LogP contribution in [0.4, 0.5) is 4.39 Å². The van der Waals surface area contributed by atoms with Gasteiger partial charge in [-0.05, 0) is 28.5 Å². The molecule has 114 valence electrons. The van der Waals surface area contributed by atoms with Crippen molar-refractivity contribution in [3.63, 3.8) is 0 Å². The normalized spacial score (nSPS) is 17.2. The summed E-state index contributed by atoms with van der Waals surface area (Å²) in [5, 5.41) is 7.65. The van der Waals surface area contributed by atoms with Gasteiger partial charge in [0.2, 0.25) is 0 Å². The van der Waals surface area contributed by atoms with Crippen molar-refractivity contribution in [2.75, 3.05) is 26.2 Å². The molecule has 2 aromatic rings. The van der Waals surface area contributed by atoms with Crippen molar-refractivity contribution >= 4 is 35.3 Å². The zero-order valence-electron chi connectivity index (χ0n) is 11.4. The number of thiophene rings is 1. The second kappa shape index (κ2) is 7.56. The zero-order valence-corrected chi connectivity index (χ0v) is 13.8. The first-order valence-electron chi connectivity index (χ1n) is 6.68. The Bertz CT molecular complexity index is 571. The van der Waals surface area contributed by atoms with Gasteiger partial charge in [0.1, 0.15) is 5.82 Å². The predicted molar refractivity (Wildman–Crippen MR) is 89.3 cm³/mol. The number of nitrogens with one attached hydrogen (secondary N) is 1. The molecular weight excluding hydrogens is 330 g/mol. The van der Waals surface area contributed by atoms with Gasteiger partial charge in [-0.15, -0.1) is 12.4 Å². The summed E-state index contributed by atoms with van der Waals surface area (Å²) in [5.74, 6) is -0.302. The van der Waals surface area contributed by atoms with Crippen molar-refractivity contribution in [3.8, 4) is 0 Å². The Morgan fingerprint density at radius 2 is 2.00 bits per heavy atom. The zero-order chi connectivity index (χ0) is 13.9. The Hall–Kier alpha value is -0.650. The fourth-order valence-corrected chi connectivity index (χ4v) is 3.55. The van der Waals surface area contributed by atoms with Crippen molar-refractivity contribution in [2.45, 2.75) is 6.04 Å². The van der Waals surface area contributed by atoms with Gasteiger partial charge in [-0.3, -0.25) is 4.90 Å². The molecule has 1 aromatic carbocycles. The quantitative estimate of drug-likeness (QED) is 0.904. The second-order valence-corrected chi connectivity index (χ2v) is 6.08.